The number of rotatable bonds is 2. The van der Waals surface area contributed by atoms with Crippen molar-refractivity contribution in [1.29, 1.82) is 0 Å². The molecule has 1 aromatic carbocycles. The number of aromatic nitrogens is 1. The molecule has 5 nitrogen and oxygen atoms in total. The number of amides is 1. The summed E-state index contributed by atoms with van der Waals surface area (Å²) in [5.41, 5.74) is 1.40. The van der Waals surface area contributed by atoms with Crippen molar-refractivity contribution in [2.45, 2.75) is 26.3 Å². The van der Waals surface area contributed by atoms with E-state index in [9.17, 15) is 9.59 Å². The minimum absolute atomic E-state index is 0. The average Bonchev–Trinajstić information content (AvgIpc) is 2.49. The number of halogens is 1. The van der Waals surface area contributed by atoms with Crippen LogP contribution in [0, 0.1) is 12.8 Å². The van der Waals surface area contributed by atoms with Gasteiger partial charge in [-0.2, -0.15) is 0 Å². The monoisotopic (exact) mass is 335 g/mol. The summed E-state index contributed by atoms with van der Waals surface area (Å²) < 4.78 is 0. The molecular weight excluding hydrogens is 314 g/mol. The minimum atomic E-state index is -0.324. The molecule has 3 N–H and O–H groups in total. The lowest BCUT2D eigenvalue weighted by Crippen LogP contribution is -2.49. The third-order valence-electron chi connectivity index (χ3n) is 4.51. The van der Waals surface area contributed by atoms with E-state index in [-0.39, 0.29) is 35.5 Å². The van der Waals surface area contributed by atoms with Crippen LogP contribution in [-0.2, 0) is 0 Å². The van der Waals surface area contributed by atoms with Gasteiger partial charge in [0.05, 0.1) is 0 Å². The summed E-state index contributed by atoms with van der Waals surface area (Å²) in [6.07, 6.45) is 0.886. The lowest BCUT2D eigenvalue weighted by molar-refractivity contribution is 0.0912. The molecule has 124 valence electrons. The van der Waals surface area contributed by atoms with Gasteiger partial charge in [0.25, 0.3) is 11.5 Å². The molecule has 23 heavy (non-hydrogen) atoms. The van der Waals surface area contributed by atoms with Gasteiger partial charge < -0.3 is 15.6 Å². The van der Waals surface area contributed by atoms with Crippen molar-refractivity contribution in [1.82, 2.24) is 15.6 Å². The Hall–Kier alpha value is -1.85. The lowest BCUT2D eigenvalue weighted by atomic mass is 9.94. The van der Waals surface area contributed by atoms with Crippen LogP contribution in [0.1, 0.15) is 29.3 Å². The molecule has 2 atom stereocenters. The van der Waals surface area contributed by atoms with Crippen LogP contribution in [0.2, 0.25) is 0 Å². The van der Waals surface area contributed by atoms with Gasteiger partial charge in [-0.25, -0.2) is 0 Å². The van der Waals surface area contributed by atoms with Gasteiger partial charge in [-0.1, -0.05) is 25.1 Å². The lowest BCUT2D eigenvalue weighted by Gasteiger charge is -2.30. The highest BCUT2D eigenvalue weighted by Crippen LogP contribution is 2.18. The van der Waals surface area contributed by atoms with E-state index in [0.29, 0.717) is 5.92 Å². The molecule has 0 spiro atoms. The molecule has 3 rings (SSSR count). The van der Waals surface area contributed by atoms with E-state index in [1.165, 1.54) is 0 Å². The summed E-state index contributed by atoms with van der Waals surface area (Å²) in [7, 11) is 0. The van der Waals surface area contributed by atoms with Crippen molar-refractivity contribution in [3.63, 3.8) is 0 Å². The summed E-state index contributed by atoms with van der Waals surface area (Å²) >= 11 is 0. The van der Waals surface area contributed by atoms with E-state index in [4.69, 9.17) is 0 Å². The SMILES string of the molecule is Cc1c(C(=O)NC2CCNCC2C)c(=O)[nH]c2ccccc12.Cl. The molecular formula is C17H22ClN3O2. The highest BCUT2D eigenvalue weighted by molar-refractivity contribution is 6.00. The quantitative estimate of drug-likeness (QED) is 0.785. The average molecular weight is 336 g/mol. The Morgan fingerprint density at radius 1 is 1.30 bits per heavy atom. The van der Waals surface area contributed by atoms with E-state index in [1.54, 1.807) is 0 Å². The van der Waals surface area contributed by atoms with Crippen molar-refractivity contribution in [2.75, 3.05) is 13.1 Å². The van der Waals surface area contributed by atoms with Crippen molar-refractivity contribution in [3.05, 3.63) is 45.7 Å². The number of hydrogen-bond donors (Lipinski definition) is 3. The van der Waals surface area contributed by atoms with Crippen LogP contribution in [0.15, 0.2) is 29.1 Å². The topological polar surface area (TPSA) is 74.0 Å². The molecule has 2 heterocycles. The van der Waals surface area contributed by atoms with Gasteiger partial charge in [-0.3, -0.25) is 9.59 Å². The maximum absolute atomic E-state index is 12.6. The van der Waals surface area contributed by atoms with Crippen molar-refractivity contribution in [2.24, 2.45) is 5.92 Å². The Kier molecular flexibility index (Phi) is 5.44. The number of carbonyl (C=O) groups is 1. The largest absolute Gasteiger partial charge is 0.349 e. The standard InChI is InChI=1S/C17H21N3O2.ClH/c1-10-9-18-8-7-13(10)19-16(21)15-11(2)12-5-3-4-6-14(12)20-17(15)22;/h3-6,10,13,18H,7-9H2,1-2H3,(H,19,21)(H,20,22);1H. The molecule has 2 unspecified atom stereocenters. The maximum Gasteiger partial charge on any atom is 0.261 e. The van der Waals surface area contributed by atoms with Gasteiger partial charge >= 0.3 is 0 Å². The molecule has 1 saturated heterocycles. The van der Waals surface area contributed by atoms with Gasteiger partial charge in [-0.05, 0) is 44.0 Å². The number of pyridine rings is 1. The van der Waals surface area contributed by atoms with E-state index >= 15 is 0 Å². The second-order valence-electron chi connectivity index (χ2n) is 6.05. The maximum atomic E-state index is 12.6. The number of para-hydroxylation sites is 1. The minimum Gasteiger partial charge on any atom is -0.349 e. The van der Waals surface area contributed by atoms with E-state index in [1.807, 2.05) is 31.2 Å². The molecule has 1 aromatic heterocycles. The number of benzene rings is 1. The fourth-order valence-corrected chi connectivity index (χ4v) is 3.15. The van der Waals surface area contributed by atoms with E-state index in [0.717, 1.165) is 36.0 Å². The molecule has 6 heteroatoms. The number of hydrogen-bond acceptors (Lipinski definition) is 3. The Morgan fingerprint density at radius 2 is 2.04 bits per heavy atom. The molecule has 1 aliphatic heterocycles. The summed E-state index contributed by atoms with van der Waals surface area (Å²) in [6.45, 7) is 5.72. The third kappa shape index (κ3) is 3.41. The van der Waals surface area contributed by atoms with Crippen molar-refractivity contribution >= 4 is 29.2 Å². The van der Waals surface area contributed by atoms with Gasteiger partial charge in [0.1, 0.15) is 5.56 Å². The zero-order chi connectivity index (χ0) is 15.7. The first-order chi connectivity index (χ1) is 10.6. The second kappa shape index (κ2) is 7.15. The molecule has 0 saturated carbocycles. The Labute approximate surface area is 141 Å². The van der Waals surface area contributed by atoms with Gasteiger partial charge in [0.2, 0.25) is 0 Å². The third-order valence-corrected chi connectivity index (χ3v) is 4.51. The second-order valence-corrected chi connectivity index (χ2v) is 6.05. The molecule has 0 aliphatic carbocycles. The van der Waals surface area contributed by atoms with Crippen LogP contribution in [0.5, 0.6) is 0 Å². The van der Waals surface area contributed by atoms with Gasteiger partial charge in [0.15, 0.2) is 0 Å². The molecule has 0 radical (unpaired) electrons. The number of H-pyrrole nitrogens is 1. The number of fused-ring (bicyclic) bond motifs is 1. The highest BCUT2D eigenvalue weighted by atomic mass is 35.5. The Balaban J connectivity index is 0.00000192. The number of piperidine rings is 1. The summed E-state index contributed by atoms with van der Waals surface area (Å²) in [6, 6.07) is 7.66. The van der Waals surface area contributed by atoms with Crippen molar-refractivity contribution < 1.29 is 4.79 Å². The van der Waals surface area contributed by atoms with Gasteiger partial charge in [-0.15, -0.1) is 12.4 Å². The first-order valence-electron chi connectivity index (χ1n) is 7.71. The molecule has 1 aliphatic rings. The summed E-state index contributed by atoms with van der Waals surface area (Å²) in [4.78, 5) is 27.7. The smallest absolute Gasteiger partial charge is 0.261 e. The van der Waals surface area contributed by atoms with Crippen LogP contribution in [-0.4, -0.2) is 30.0 Å². The Morgan fingerprint density at radius 3 is 2.78 bits per heavy atom. The molecule has 2 aromatic rings. The number of carbonyl (C=O) groups excluding carboxylic acids is 1. The highest BCUT2D eigenvalue weighted by Gasteiger charge is 2.25. The van der Waals surface area contributed by atoms with Gasteiger partial charge in [0, 0.05) is 16.9 Å². The van der Waals surface area contributed by atoms with Crippen molar-refractivity contribution in [3.8, 4) is 0 Å². The fraction of sp³-hybridized carbons (Fsp3) is 0.412. The zero-order valence-electron chi connectivity index (χ0n) is 13.3. The first-order valence-corrected chi connectivity index (χ1v) is 7.71. The molecule has 1 amide bonds. The summed E-state index contributed by atoms with van der Waals surface area (Å²) in [5.74, 6) is 0.0841. The van der Waals surface area contributed by atoms with E-state index in [2.05, 4.69) is 22.5 Å². The predicted molar refractivity (Wildman–Crippen MR) is 94.5 cm³/mol. The Bertz CT molecular complexity index is 772. The van der Waals surface area contributed by atoms with Crippen LogP contribution in [0.25, 0.3) is 10.9 Å². The van der Waals surface area contributed by atoms with Crippen LogP contribution in [0.3, 0.4) is 0 Å². The molecule has 0 bridgehead atoms. The van der Waals surface area contributed by atoms with Crippen LogP contribution >= 0.6 is 12.4 Å². The van der Waals surface area contributed by atoms with Crippen LogP contribution < -0.4 is 16.2 Å². The fourth-order valence-electron chi connectivity index (χ4n) is 3.15. The predicted octanol–water partition coefficient (Wildman–Crippen LogP) is 1.99. The summed E-state index contributed by atoms with van der Waals surface area (Å²) in [5, 5.41) is 7.25. The first kappa shape index (κ1) is 17.5. The molecule has 1 fully saturated rings. The van der Waals surface area contributed by atoms with E-state index < -0.39 is 0 Å². The number of aromatic amines is 1. The number of aryl methyl sites for hydroxylation is 1. The normalized spacial score (nSPS) is 20.8. The van der Waals surface area contributed by atoms with Crippen LogP contribution in [0.4, 0.5) is 0 Å². The zero-order valence-corrected chi connectivity index (χ0v) is 14.1. The number of nitrogens with one attached hydrogen (secondary N) is 3.